The summed E-state index contributed by atoms with van der Waals surface area (Å²) in [5, 5.41) is 2.96. The summed E-state index contributed by atoms with van der Waals surface area (Å²) in [6, 6.07) is 23.2. The first-order chi connectivity index (χ1) is 16.2. The van der Waals surface area contributed by atoms with Crippen LogP contribution in [0.2, 0.25) is 0 Å². The number of para-hydroxylation sites is 2. The van der Waals surface area contributed by atoms with Gasteiger partial charge in [0.15, 0.2) is 0 Å². The predicted octanol–water partition coefficient (Wildman–Crippen LogP) is 6.27. The van der Waals surface area contributed by atoms with Crippen molar-refractivity contribution in [3.8, 4) is 11.5 Å². The molecule has 5 nitrogen and oxygen atoms in total. The first-order valence-electron chi connectivity index (χ1n) is 11.3. The molecule has 0 bridgehead atoms. The average molecular weight is 510 g/mol. The molecular weight excluding hydrogens is 482 g/mol. The van der Waals surface area contributed by atoms with Gasteiger partial charge >= 0.3 is 0 Å². The van der Waals surface area contributed by atoms with E-state index in [1.54, 1.807) is 18.2 Å². The SMILES string of the molecule is O=C(Nc1ccccc1OCCCc1ccccc1)c1ccc(OCC2CCCO2)c(Br)c1. The van der Waals surface area contributed by atoms with Crippen LogP contribution in [0.4, 0.5) is 5.69 Å². The monoisotopic (exact) mass is 509 g/mol. The third-order valence-corrected chi connectivity index (χ3v) is 6.11. The molecule has 1 N–H and O–H groups in total. The van der Waals surface area contributed by atoms with Crippen molar-refractivity contribution in [3.05, 3.63) is 88.4 Å². The zero-order valence-electron chi connectivity index (χ0n) is 18.5. The number of amides is 1. The predicted molar refractivity (Wildman–Crippen MR) is 133 cm³/mol. The van der Waals surface area contributed by atoms with Gasteiger partial charge in [-0.15, -0.1) is 0 Å². The number of carbonyl (C=O) groups is 1. The normalized spacial score (nSPS) is 15.2. The Morgan fingerprint density at radius 3 is 2.61 bits per heavy atom. The molecule has 0 radical (unpaired) electrons. The molecule has 0 aliphatic carbocycles. The Bertz CT molecular complexity index is 1050. The molecular formula is C27H28BrNO4. The van der Waals surface area contributed by atoms with Gasteiger partial charge in [0.1, 0.15) is 18.1 Å². The Morgan fingerprint density at radius 2 is 1.82 bits per heavy atom. The summed E-state index contributed by atoms with van der Waals surface area (Å²) < 4.78 is 18.1. The maximum Gasteiger partial charge on any atom is 0.255 e. The van der Waals surface area contributed by atoms with Crippen molar-refractivity contribution in [2.24, 2.45) is 0 Å². The summed E-state index contributed by atoms with van der Waals surface area (Å²) in [6.45, 7) is 1.88. The minimum Gasteiger partial charge on any atom is -0.491 e. The van der Waals surface area contributed by atoms with Crippen molar-refractivity contribution in [2.45, 2.75) is 31.8 Å². The van der Waals surface area contributed by atoms with Gasteiger partial charge in [-0.1, -0.05) is 42.5 Å². The number of carbonyl (C=O) groups excluding carboxylic acids is 1. The summed E-state index contributed by atoms with van der Waals surface area (Å²) in [7, 11) is 0. The van der Waals surface area contributed by atoms with E-state index in [1.807, 2.05) is 42.5 Å². The van der Waals surface area contributed by atoms with Gasteiger partial charge in [0, 0.05) is 12.2 Å². The molecule has 1 fully saturated rings. The molecule has 3 aromatic rings. The first-order valence-corrected chi connectivity index (χ1v) is 12.1. The molecule has 1 aliphatic heterocycles. The lowest BCUT2D eigenvalue weighted by atomic mass is 10.1. The van der Waals surface area contributed by atoms with Crippen molar-refractivity contribution >= 4 is 27.5 Å². The van der Waals surface area contributed by atoms with E-state index >= 15 is 0 Å². The Morgan fingerprint density at radius 1 is 1.00 bits per heavy atom. The van der Waals surface area contributed by atoms with Gasteiger partial charge in [-0.3, -0.25) is 4.79 Å². The van der Waals surface area contributed by atoms with Gasteiger partial charge in [-0.25, -0.2) is 0 Å². The van der Waals surface area contributed by atoms with Crippen molar-refractivity contribution in [3.63, 3.8) is 0 Å². The van der Waals surface area contributed by atoms with Crippen LogP contribution in [-0.2, 0) is 11.2 Å². The topological polar surface area (TPSA) is 56.8 Å². The lowest BCUT2D eigenvalue weighted by Crippen LogP contribution is -2.17. The van der Waals surface area contributed by atoms with E-state index in [2.05, 4.69) is 33.4 Å². The molecule has 0 aromatic heterocycles. The molecule has 1 unspecified atom stereocenters. The molecule has 1 aliphatic rings. The third kappa shape index (κ3) is 6.83. The number of aryl methyl sites for hydroxylation is 1. The van der Waals surface area contributed by atoms with Gasteiger partial charge < -0.3 is 19.5 Å². The van der Waals surface area contributed by atoms with Crippen LogP contribution < -0.4 is 14.8 Å². The van der Waals surface area contributed by atoms with E-state index in [-0.39, 0.29) is 12.0 Å². The summed E-state index contributed by atoms with van der Waals surface area (Å²) in [6.07, 6.45) is 4.08. The average Bonchev–Trinajstić information content (AvgIpc) is 3.36. The highest BCUT2D eigenvalue weighted by atomic mass is 79.9. The van der Waals surface area contributed by atoms with Crippen LogP contribution in [0.25, 0.3) is 0 Å². The number of halogens is 1. The molecule has 33 heavy (non-hydrogen) atoms. The number of ether oxygens (including phenoxy) is 3. The van der Waals surface area contributed by atoms with Crippen LogP contribution in [-0.4, -0.2) is 31.8 Å². The molecule has 1 atom stereocenters. The highest BCUT2D eigenvalue weighted by molar-refractivity contribution is 9.10. The van der Waals surface area contributed by atoms with Crippen LogP contribution in [0.5, 0.6) is 11.5 Å². The van der Waals surface area contributed by atoms with Crippen molar-refractivity contribution in [1.29, 1.82) is 0 Å². The van der Waals surface area contributed by atoms with Gasteiger partial charge in [-0.2, -0.15) is 0 Å². The molecule has 172 valence electrons. The summed E-state index contributed by atoms with van der Waals surface area (Å²) in [5.74, 6) is 1.15. The first kappa shape index (κ1) is 23.3. The van der Waals surface area contributed by atoms with Crippen molar-refractivity contribution < 1.29 is 19.0 Å². The zero-order chi connectivity index (χ0) is 22.9. The molecule has 6 heteroatoms. The quantitative estimate of drug-likeness (QED) is 0.327. The van der Waals surface area contributed by atoms with Gasteiger partial charge in [-0.05, 0) is 77.5 Å². The molecule has 1 amide bonds. The smallest absolute Gasteiger partial charge is 0.255 e. The van der Waals surface area contributed by atoms with E-state index in [0.29, 0.717) is 36.0 Å². The molecule has 1 saturated heterocycles. The number of anilines is 1. The number of nitrogens with one attached hydrogen (secondary N) is 1. The van der Waals surface area contributed by atoms with Gasteiger partial charge in [0.05, 0.1) is 22.9 Å². The fourth-order valence-corrected chi connectivity index (χ4v) is 4.20. The Balaban J connectivity index is 1.31. The number of hydrogen-bond donors (Lipinski definition) is 1. The fraction of sp³-hybridized carbons (Fsp3) is 0.296. The van der Waals surface area contributed by atoms with Crippen LogP contribution in [0.15, 0.2) is 77.3 Å². The summed E-state index contributed by atoms with van der Waals surface area (Å²) >= 11 is 3.52. The largest absolute Gasteiger partial charge is 0.491 e. The Labute approximate surface area is 203 Å². The third-order valence-electron chi connectivity index (χ3n) is 5.49. The summed E-state index contributed by atoms with van der Waals surface area (Å²) in [5.41, 5.74) is 2.47. The van der Waals surface area contributed by atoms with E-state index in [0.717, 1.165) is 36.8 Å². The van der Waals surface area contributed by atoms with Crippen LogP contribution in [0.1, 0.15) is 35.2 Å². The summed E-state index contributed by atoms with van der Waals surface area (Å²) in [4.78, 5) is 12.9. The van der Waals surface area contributed by atoms with Crippen molar-refractivity contribution in [1.82, 2.24) is 0 Å². The van der Waals surface area contributed by atoms with E-state index in [9.17, 15) is 4.79 Å². The number of hydrogen-bond acceptors (Lipinski definition) is 4. The van der Waals surface area contributed by atoms with Crippen LogP contribution in [0, 0.1) is 0 Å². The van der Waals surface area contributed by atoms with E-state index in [4.69, 9.17) is 14.2 Å². The lowest BCUT2D eigenvalue weighted by Gasteiger charge is -2.14. The van der Waals surface area contributed by atoms with E-state index < -0.39 is 0 Å². The molecule has 0 spiro atoms. The number of benzene rings is 3. The molecule has 0 saturated carbocycles. The zero-order valence-corrected chi connectivity index (χ0v) is 20.1. The van der Waals surface area contributed by atoms with Gasteiger partial charge in [0.25, 0.3) is 5.91 Å². The Hall–Kier alpha value is -2.83. The highest BCUT2D eigenvalue weighted by Crippen LogP contribution is 2.29. The Kier molecular flexibility index (Phi) is 8.39. The standard InChI is InChI=1S/C27H28BrNO4/c28-23-18-21(14-15-25(23)33-19-22-11-7-16-31-22)27(30)29-24-12-4-5-13-26(24)32-17-6-10-20-8-2-1-3-9-20/h1-5,8-9,12-15,18,22H,6-7,10-11,16-17,19H2,(H,29,30). The minimum absolute atomic E-state index is 0.143. The molecule has 4 rings (SSSR count). The molecule has 1 heterocycles. The second-order valence-electron chi connectivity index (χ2n) is 7.98. The van der Waals surface area contributed by atoms with Crippen molar-refractivity contribution in [2.75, 3.05) is 25.1 Å². The molecule has 3 aromatic carbocycles. The maximum absolute atomic E-state index is 12.9. The van der Waals surface area contributed by atoms with Crippen LogP contribution >= 0.6 is 15.9 Å². The maximum atomic E-state index is 12.9. The second kappa shape index (κ2) is 11.9. The van der Waals surface area contributed by atoms with Gasteiger partial charge in [0.2, 0.25) is 0 Å². The second-order valence-corrected chi connectivity index (χ2v) is 8.83. The fourth-order valence-electron chi connectivity index (χ4n) is 3.71. The lowest BCUT2D eigenvalue weighted by molar-refractivity contribution is 0.0677. The highest BCUT2D eigenvalue weighted by Gasteiger charge is 2.17. The van der Waals surface area contributed by atoms with Crippen LogP contribution in [0.3, 0.4) is 0 Å². The number of rotatable bonds is 10. The minimum atomic E-state index is -0.207. The van der Waals surface area contributed by atoms with E-state index in [1.165, 1.54) is 5.56 Å².